The number of halogens is 1. The number of rotatable bonds is 3. The number of amides is 1. The number of aliphatic hydroxyl groups excluding tert-OH is 1. The number of aliphatic hydroxyl groups is 1. The van der Waals surface area contributed by atoms with E-state index in [4.69, 9.17) is 11.6 Å². The van der Waals surface area contributed by atoms with E-state index < -0.39 is 17.7 Å². The number of Topliss-reactive ketones (excluding diaryl/α,β-unsaturated/α-hetero) is 1. The van der Waals surface area contributed by atoms with Crippen LogP contribution in [0.5, 0.6) is 0 Å². The van der Waals surface area contributed by atoms with Crippen LogP contribution in [-0.4, -0.2) is 21.8 Å². The normalized spacial score (nSPS) is 17.8. The van der Waals surface area contributed by atoms with E-state index >= 15 is 0 Å². The van der Waals surface area contributed by atoms with Crippen molar-refractivity contribution in [1.82, 2.24) is 4.98 Å². The van der Waals surface area contributed by atoms with Crippen molar-refractivity contribution in [1.29, 1.82) is 0 Å². The number of hydrogen-bond donors (Lipinski definition) is 1. The summed E-state index contributed by atoms with van der Waals surface area (Å²) in [6, 6.07) is 19.4. The minimum Gasteiger partial charge on any atom is -0.507 e. The van der Waals surface area contributed by atoms with Crippen LogP contribution < -0.4 is 4.90 Å². The lowest BCUT2D eigenvalue weighted by molar-refractivity contribution is -0.132. The molecule has 1 saturated heterocycles. The van der Waals surface area contributed by atoms with E-state index in [-0.39, 0.29) is 16.7 Å². The minimum atomic E-state index is -0.823. The zero-order chi connectivity index (χ0) is 25.8. The summed E-state index contributed by atoms with van der Waals surface area (Å²) < 4.78 is 0.923. The Balaban J connectivity index is 1.71. The average Bonchev–Trinajstić information content (AvgIpc) is 3.36. The van der Waals surface area contributed by atoms with Crippen molar-refractivity contribution in [3.63, 3.8) is 0 Å². The maximum atomic E-state index is 13.4. The largest absolute Gasteiger partial charge is 0.507 e. The molecule has 1 N–H and O–H groups in total. The highest BCUT2D eigenvalue weighted by Crippen LogP contribution is 2.44. The molecule has 0 unspecified atom stereocenters. The molecule has 5 rings (SSSR count). The van der Waals surface area contributed by atoms with Crippen molar-refractivity contribution in [2.45, 2.75) is 39.2 Å². The third-order valence-electron chi connectivity index (χ3n) is 6.39. The molecular weight excluding hydrogens is 492 g/mol. The van der Waals surface area contributed by atoms with Crippen LogP contribution in [0.25, 0.3) is 16.0 Å². The highest BCUT2D eigenvalue weighted by Gasteiger charge is 2.48. The van der Waals surface area contributed by atoms with Gasteiger partial charge in [0.25, 0.3) is 5.78 Å². The molecule has 0 aliphatic carbocycles. The second kappa shape index (κ2) is 8.87. The van der Waals surface area contributed by atoms with Gasteiger partial charge in [-0.1, -0.05) is 74.0 Å². The number of anilines is 1. The third kappa shape index (κ3) is 4.21. The number of thiazole rings is 1. The van der Waals surface area contributed by atoms with Gasteiger partial charge in [0.2, 0.25) is 0 Å². The first kappa shape index (κ1) is 24.2. The Morgan fingerprint density at radius 1 is 1.00 bits per heavy atom. The molecule has 1 aliphatic heterocycles. The van der Waals surface area contributed by atoms with Crippen LogP contribution in [0.1, 0.15) is 49.1 Å². The highest BCUT2D eigenvalue weighted by atomic mass is 35.5. The van der Waals surface area contributed by atoms with Gasteiger partial charge in [-0.15, -0.1) is 0 Å². The van der Waals surface area contributed by atoms with Crippen LogP contribution in [0.15, 0.2) is 72.3 Å². The number of aromatic nitrogens is 1. The monoisotopic (exact) mass is 516 g/mol. The lowest BCUT2D eigenvalue weighted by Gasteiger charge is -2.24. The molecule has 1 aromatic heterocycles. The SMILES string of the molecule is Cc1ccc2nc(N3C(=O)C(=O)/C(=C(/O)c4ccc(Cl)cc4)[C@@H]3c3ccc(C(C)(C)C)cc3)sc2c1. The summed E-state index contributed by atoms with van der Waals surface area (Å²) in [6.07, 6.45) is 0. The number of fused-ring (bicyclic) bond motifs is 1. The van der Waals surface area contributed by atoms with Crippen molar-refractivity contribution in [3.05, 3.63) is 99.6 Å². The third-order valence-corrected chi connectivity index (χ3v) is 7.66. The van der Waals surface area contributed by atoms with E-state index in [1.165, 1.54) is 16.2 Å². The number of carbonyl (C=O) groups is 2. The van der Waals surface area contributed by atoms with Crippen LogP contribution >= 0.6 is 22.9 Å². The highest BCUT2D eigenvalue weighted by molar-refractivity contribution is 7.22. The molecule has 1 atom stereocenters. The standard InChI is InChI=1S/C29H25ClN2O3S/c1-16-5-14-21-22(15-16)36-28(31-21)32-24(17-6-10-19(11-7-17)29(2,3)4)23(26(34)27(32)35)25(33)18-8-12-20(30)13-9-18/h5-15,24,33H,1-4H3/b25-23+/t24-/m0/s1. The van der Waals surface area contributed by atoms with Crippen molar-refractivity contribution in [3.8, 4) is 0 Å². The van der Waals surface area contributed by atoms with Gasteiger partial charge in [-0.3, -0.25) is 14.5 Å². The summed E-state index contributed by atoms with van der Waals surface area (Å²) >= 11 is 7.37. The maximum absolute atomic E-state index is 13.4. The fourth-order valence-electron chi connectivity index (χ4n) is 4.40. The molecule has 5 nitrogen and oxygen atoms in total. The second-order valence-corrected chi connectivity index (χ2v) is 11.5. The Hall–Kier alpha value is -3.48. The minimum absolute atomic E-state index is 0.0290. The molecule has 4 aromatic rings. The van der Waals surface area contributed by atoms with Gasteiger partial charge in [-0.2, -0.15) is 0 Å². The predicted molar refractivity (Wildman–Crippen MR) is 146 cm³/mol. The van der Waals surface area contributed by atoms with E-state index in [9.17, 15) is 14.7 Å². The fraction of sp³-hybridized carbons (Fsp3) is 0.207. The fourth-order valence-corrected chi connectivity index (χ4v) is 5.61. The summed E-state index contributed by atoms with van der Waals surface area (Å²) in [5.41, 5.74) is 4.05. The van der Waals surface area contributed by atoms with Gasteiger partial charge >= 0.3 is 5.91 Å². The number of carbonyl (C=O) groups excluding carboxylic acids is 2. The van der Waals surface area contributed by atoms with Crippen LogP contribution in [0.4, 0.5) is 5.13 Å². The van der Waals surface area contributed by atoms with Crippen molar-refractivity contribution >= 4 is 55.7 Å². The number of hydrogen-bond acceptors (Lipinski definition) is 5. The van der Waals surface area contributed by atoms with E-state index in [1.54, 1.807) is 24.3 Å². The van der Waals surface area contributed by atoms with E-state index in [0.717, 1.165) is 21.3 Å². The molecule has 3 aromatic carbocycles. The van der Waals surface area contributed by atoms with Crippen LogP contribution in [0.2, 0.25) is 5.02 Å². The van der Waals surface area contributed by atoms with Gasteiger partial charge < -0.3 is 5.11 Å². The number of ketones is 1. The Bertz CT molecular complexity index is 1530. The van der Waals surface area contributed by atoms with Crippen LogP contribution in [0.3, 0.4) is 0 Å². The molecule has 0 radical (unpaired) electrons. The first-order chi connectivity index (χ1) is 17.0. The van der Waals surface area contributed by atoms with Crippen molar-refractivity contribution in [2.24, 2.45) is 0 Å². The molecule has 0 bridgehead atoms. The van der Waals surface area contributed by atoms with Gasteiger partial charge in [-0.05, 0) is 65.4 Å². The average molecular weight is 517 g/mol. The van der Waals surface area contributed by atoms with Crippen LogP contribution in [-0.2, 0) is 15.0 Å². The number of benzene rings is 3. The summed E-state index contributed by atoms with van der Waals surface area (Å²) in [4.78, 5) is 32.9. The van der Waals surface area contributed by atoms with E-state index in [1.807, 2.05) is 49.4 Å². The Kier molecular flexibility index (Phi) is 5.97. The van der Waals surface area contributed by atoms with Crippen molar-refractivity contribution in [2.75, 3.05) is 4.90 Å². The second-order valence-electron chi connectivity index (χ2n) is 10.0. The van der Waals surface area contributed by atoms with Crippen molar-refractivity contribution < 1.29 is 14.7 Å². The summed E-state index contributed by atoms with van der Waals surface area (Å²) in [5, 5.41) is 12.2. The van der Waals surface area contributed by atoms with E-state index in [0.29, 0.717) is 21.3 Å². The first-order valence-corrected chi connectivity index (χ1v) is 12.8. The van der Waals surface area contributed by atoms with Gasteiger partial charge in [-0.25, -0.2) is 4.98 Å². The predicted octanol–water partition coefficient (Wildman–Crippen LogP) is 7.18. The van der Waals surface area contributed by atoms with Gasteiger partial charge in [0, 0.05) is 10.6 Å². The molecule has 1 fully saturated rings. The summed E-state index contributed by atoms with van der Waals surface area (Å²) in [6.45, 7) is 8.36. The molecule has 182 valence electrons. The van der Waals surface area contributed by atoms with Crippen LogP contribution in [0, 0.1) is 6.92 Å². The van der Waals surface area contributed by atoms with Gasteiger partial charge in [0.1, 0.15) is 5.76 Å². The Labute approximate surface area is 218 Å². The van der Waals surface area contributed by atoms with Gasteiger partial charge in [0.15, 0.2) is 5.13 Å². The molecule has 0 spiro atoms. The first-order valence-electron chi connectivity index (χ1n) is 11.6. The molecule has 0 saturated carbocycles. The zero-order valence-electron chi connectivity index (χ0n) is 20.4. The zero-order valence-corrected chi connectivity index (χ0v) is 21.9. The lowest BCUT2D eigenvalue weighted by Crippen LogP contribution is -2.29. The maximum Gasteiger partial charge on any atom is 0.301 e. The summed E-state index contributed by atoms with van der Waals surface area (Å²) in [5.74, 6) is -1.71. The lowest BCUT2D eigenvalue weighted by atomic mass is 9.85. The number of nitrogens with zero attached hydrogens (tertiary/aromatic N) is 2. The molecule has 1 amide bonds. The molecular formula is C29H25ClN2O3S. The molecule has 7 heteroatoms. The molecule has 2 heterocycles. The van der Waals surface area contributed by atoms with Gasteiger partial charge in [0.05, 0.1) is 21.8 Å². The molecule has 36 heavy (non-hydrogen) atoms. The smallest absolute Gasteiger partial charge is 0.301 e. The topological polar surface area (TPSA) is 70.5 Å². The quantitative estimate of drug-likeness (QED) is 0.178. The summed E-state index contributed by atoms with van der Waals surface area (Å²) in [7, 11) is 0. The molecule has 1 aliphatic rings. The Morgan fingerprint density at radius 2 is 1.67 bits per heavy atom. The van der Waals surface area contributed by atoms with E-state index in [2.05, 4.69) is 25.8 Å². The Morgan fingerprint density at radius 3 is 2.31 bits per heavy atom. The number of aryl methyl sites for hydroxylation is 1.